The maximum Gasteiger partial charge on any atom is 0.346 e. The summed E-state index contributed by atoms with van der Waals surface area (Å²) < 4.78 is 29.7. The number of nitro groups is 1. The highest BCUT2D eigenvalue weighted by molar-refractivity contribution is 7.87. The Balaban J connectivity index is 1.88. The molecule has 128 valence electrons. The van der Waals surface area contributed by atoms with Crippen molar-refractivity contribution in [1.82, 2.24) is 4.98 Å². The van der Waals surface area contributed by atoms with E-state index in [-0.39, 0.29) is 5.75 Å². The third kappa shape index (κ3) is 3.67. The van der Waals surface area contributed by atoms with Crippen molar-refractivity contribution >= 4 is 27.1 Å². The smallest absolute Gasteiger partial charge is 0.346 e. The van der Waals surface area contributed by atoms with Crippen LogP contribution in [0.4, 0.5) is 5.69 Å². The fourth-order valence-corrected chi connectivity index (χ4v) is 4.03. The van der Waals surface area contributed by atoms with Crippen LogP contribution >= 0.6 is 11.3 Å². The second-order valence-corrected chi connectivity index (χ2v) is 7.45. The summed E-state index contributed by atoms with van der Waals surface area (Å²) in [6.07, 6.45) is 0. The minimum atomic E-state index is -4.32. The van der Waals surface area contributed by atoms with Crippen LogP contribution < -0.4 is 4.18 Å². The van der Waals surface area contributed by atoms with Crippen LogP contribution in [0.5, 0.6) is 5.75 Å². The van der Waals surface area contributed by atoms with Gasteiger partial charge in [0.25, 0.3) is 5.69 Å². The molecular weight excluding hydrogens is 364 g/mol. The molecule has 25 heavy (non-hydrogen) atoms. The molecule has 2 aromatic carbocycles. The van der Waals surface area contributed by atoms with Crippen molar-refractivity contribution in [3.63, 3.8) is 0 Å². The maximum absolute atomic E-state index is 12.3. The van der Waals surface area contributed by atoms with Crippen LogP contribution in [0.1, 0.15) is 5.69 Å². The highest BCUT2D eigenvalue weighted by Gasteiger charge is 2.27. The average Bonchev–Trinajstić information content (AvgIpc) is 3.01. The van der Waals surface area contributed by atoms with E-state index >= 15 is 0 Å². The molecule has 0 saturated carbocycles. The Labute approximate surface area is 147 Å². The third-order valence-corrected chi connectivity index (χ3v) is 5.56. The second-order valence-electron chi connectivity index (χ2n) is 5.08. The van der Waals surface area contributed by atoms with Gasteiger partial charge in [-0.1, -0.05) is 12.1 Å². The van der Waals surface area contributed by atoms with Crippen molar-refractivity contribution in [2.75, 3.05) is 0 Å². The van der Waals surface area contributed by atoms with Gasteiger partial charge in [0.1, 0.15) is 10.8 Å². The predicted octanol–water partition coefficient (Wildman–Crippen LogP) is 3.79. The summed E-state index contributed by atoms with van der Waals surface area (Å²) in [5, 5.41) is 13.7. The highest BCUT2D eigenvalue weighted by Crippen LogP contribution is 2.29. The SMILES string of the molecule is Cc1csc(-c2ccc(OS(=O)(=O)c3ccccc3[N+](=O)[O-])cc2)n1. The van der Waals surface area contributed by atoms with Crippen molar-refractivity contribution < 1.29 is 17.5 Å². The normalized spacial score (nSPS) is 11.2. The summed E-state index contributed by atoms with van der Waals surface area (Å²) in [5.74, 6) is 0.0650. The maximum atomic E-state index is 12.3. The summed E-state index contributed by atoms with van der Waals surface area (Å²) in [4.78, 5) is 14.1. The lowest BCUT2D eigenvalue weighted by Gasteiger charge is -2.07. The Morgan fingerprint density at radius 2 is 1.80 bits per heavy atom. The van der Waals surface area contributed by atoms with Gasteiger partial charge in [0.15, 0.2) is 4.90 Å². The standard InChI is InChI=1S/C16H12N2O5S2/c1-11-10-24-16(17-11)12-6-8-13(9-7-12)23-25(21,22)15-5-3-2-4-14(15)18(19)20/h2-10H,1H3. The van der Waals surface area contributed by atoms with Gasteiger partial charge in [-0.2, -0.15) is 8.42 Å². The van der Waals surface area contributed by atoms with E-state index in [9.17, 15) is 18.5 Å². The molecule has 0 fully saturated rings. The lowest BCUT2D eigenvalue weighted by atomic mass is 10.2. The molecule has 0 unspecified atom stereocenters. The molecule has 1 heterocycles. The van der Waals surface area contributed by atoms with Gasteiger partial charge in [-0.05, 0) is 37.3 Å². The number of rotatable bonds is 5. The van der Waals surface area contributed by atoms with E-state index in [4.69, 9.17) is 4.18 Å². The molecular formula is C16H12N2O5S2. The van der Waals surface area contributed by atoms with E-state index in [1.54, 1.807) is 12.1 Å². The fourth-order valence-electron chi connectivity index (χ4n) is 2.13. The highest BCUT2D eigenvalue weighted by atomic mass is 32.2. The van der Waals surface area contributed by atoms with Crippen molar-refractivity contribution in [2.45, 2.75) is 11.8 Å². The Hall–Kier alpha value is -2.78. The molecule has 0 atom stereocenters. The third-order valence-electron chi connectivity index (χ3n) is 3.26. The topological polar surface area (TPSA) is 99.4 Å². The largest absolute Gasteiger partial charge is 0.379 e. The first-order valence-corrected chi connectivity index (χ1v) is 9.36. The second kappa shape index (κ2) is 6.61. The first kappa shape index (κ1) is 17.1. The zero-order valence-corrected chi connectivity index (χ0v) is 14.6. The van der Waals surface area contributed by atoms with Crippen LogP contribution in [0.25, 0.3) is 10.6 Å². The van der Waals surface area contributed by atoms with Crippen LogP contribution in [0.2, 0.25) is 0 Å². The molecule has 7 nitrogen and oxygen atoms in total. The Morgan fingerprint density at radius 3 is 2.40 bits per heavy atom. The summed E-state index contributed by atoms with van der Waals surface area (Å²) in [6, 6.07) is 11.4. The molecule has 0 saturated heterocycles. The molecule has 0 N–H and O–H groups in total. The van der Waals surface area contributed by atoms with Gasteiger partial charge >= 0.3 is 10.1 Å². The summed E-state index contributed by atoms with van der Waals surface area (Å²) in [7, 11) is -4.32. The van der Waals surface area contributed by atoms with Gasteiger partial charge in [-0.15, -0.1) is 11.3 Å². The number of aromatic nitrogens is 1. The number of thiazole rings is 1. The van der Waals surface area contributed by atoms with E-state index in [0.717, 1.165) is 28.4 Å². The van der Waals surface area contributed by atoms with Gasteiger partial charge < -0.3 is 4.18 Å². The summed E-state index contributed by atoms with van der Waals surface area (Å²) in [6.45, 7) is 1.89. The van der Waals surface area contributed by atoms with E-state index in [2.05, 4.69) is 4.98 Å². The summed E-state index contributed by atoms with van der Waals surface area (Å²) in [5.41, 5.74) is 1.20. The number of hydrogen-bond donors (Lipinski definition) is 0. The number of nitrogens with zero attached hydrogens (tertiary/aromatic N) is 2. The Kier molecular flexibility index (Phi) is 4.51. The van der Waals surface area contributed by atoms with E-state index in [1.165, 1.54) is 35.6 Å². The zero-order valence-electron chi connectivity index (χ0n) is 12.9. The van der Waals surface area contributed by atoms with Crippen molar-refractivity contribution in [3.05, 3.63) is 69.7 Å². The lowest BCUT2D eigenvalue weighted by molar-refractivity contribution is -0.387. The number of benzene rings is 2. The fraction of sp³-hybridized carbons (Fsp3) is 0.0625. The molecule has 0 aliphatic heterocycles. The molecule has 3 aromatic rings. The van der Waals surface area contributed by atoms with Gasteiger partial charge in [0.2, 0.25) is 0 Å². The van der Waals surface area contributed by atoms with Crippen molar-refractivity contribution in [3.8, 4) is 16.3 Å². The van der Waals surface area contributed by atoms with Crippen LogP contribution in [0.15, 0.2) is 58.8 Å². The number of hydrogen-bond acceptors (Lipinski definition) is 7. The number of para-hydroxylation sites is 1. The number of nitro benzene ring substituents is 1. The molecule has 3 rings (SSSR count). The van der Waals surface area contributed by atoms with Gasteiger partial charge in [-0.25, -0.2) is 4.98 Å². The Morgan fingerprint density at radius 1 is 1.12 bits per heavy atom. The van der Waals surface area contributed by atoms with Gasteiger partial charge in [0, 0.05) is 22.7 Å². The van der Waals surface area contributed by atoms with Crippen LogP contribution in [0, 0.1) is 17.0 Å². The molecule has 0 aliphatic carbocycles. The molecule has 1 aromatic heterocycles. The number of aryl methyl sites for hydroxylation is 1. The molecule has 0 aliphatic rings. The van der Waals surface area contributed by atoms with Gasteiger partial charge in [-0.3, -0.25) is 10.1 Å². The Bertz CT molecular complexity index is 1030. The quantitative estimate of drug-likeness (QED) is 0.381. The van der Waals surface area contributed by atoms with Crippen molar-refractivity contribution in [2.24, 2.45) is 0 Å². The predicted molar refractivity (Wildman–Crippen MR) is 93.2 cm³/mol. The van der Waals surface area contributed by atoms with E-state index < -0.39 is 25.6 Å². The average molecular weight is 376 g/mol. The molecule has 0 amide bonds. The zero-order chi connectivity index (χ0) is 18.0. The summed E-state index contributed by atoms with van der Waals surface area (Å²) >= 11 is 1.48. The van der Waals surface area contributed by atoms with E-state index in [1.807, 2.05) is 12.3 Å². The van der Waals surface area contributed by atoms with E-state index in [0.29, 0.717) is 0 Å². The molecule has 9 heteroatoms. The minimum Gasteiger partial charge on any atom is -0.379 e. The lowest BCUT2D eigenvalue weighted by Crippen LogP contribution is -2.11. The first-order chi connectivity index (χ1) is 11.9. The van der Waals surface area contributed by atoms with Crippen molar-refractivity contribution in [1.29, 1.82) is 0 Å². The molecule has 0 spiro atoms. The molecule has 0 bridgehead atoms. The first-order valence-electron chi connectivity index (χ1n) is 7.07. The monoisotopic (exact) mass is 376 g/mol. The molecule has 0 radical (unpaired) electrons. The van der Waals surface area contributed by atoms with Crippen LogP contribution in [0.3, 0.4) is 0 Å². The van der Waals surface area contributed by atoms with Crippen LogP contribution in [-0.2, 0) is 10.1 Å². The van der Waals surface area contributed by atoms with Gasteiger partial charge in [0.05, 0.1) is 4.92 Å². The minimum absolute atomic E-state index is 0.0650. The van der Waals surface area contributed by atoms with Crippen LogP contribution in [-0.4, -0.2) is 18.3 Å².